The first kappa shape index (κ1) is 12.3. The van der Waals surface area contributed by atoms with Crippen LogP contribution in [0, 0.1) is 11.3 Å². The molecular formula is C13H13ClN2S. The minimum absolute atomic E-state index is 0.397. The van der Waals surface area contributed by atoms with Gasteiger partial charge in [0.15, 0.2) is 0 Å². The van der Waals surface area contributed by atoms with Crippen molar-refractivity contribution in [2.75, 3.05) is 7.05 Å². The third-order valence-electron chi connectivity index (χ3n) is 2.70. The van der Waals surface area contributed by atoms with Crippen LogP contribution in [0.1, 0.15) is 12.8 Å². The van der Waals surface area contributed by atoms with Gasteiger partial charge in [-0.2, -0.15) is 5.26 Å². The Morgan fingerprint density at radius 2 is 2.12 bits per heavy atom. The van der Waals surface area contributed by atoms with Crippen molar-refractivity contribution < 1.29 is 0 Å². The number of hydrogen-bond donors (Lipinski definition) is 0. The number of allylic oxidation sites excluding steroid dienone is 1. The van der Waals surface area contributed by atoms with E-state index in [-0.39, 0.29) is 0 Å². The van der Waals surface area contributed by atoms with Crippen LogP contribution in [0.5, 0.6) is 0 Å². The highest BCUT2D eigenvalue weighted by molar-refractivity contribution is 7.99. The van der Waals surface area contributed by atoms with Crippen LogP contribution in [-0.2, 0) is 0 Å². The molecule has 0 N–H and O–H groups in total. The first-order chi connectivity index (χ1) is 8.19. The summed E-state index contributed by atoms with van der Waals surface area (Å²) in [5, 5.41) is 10.0. The standard InChI is InChI=1S/C13H13ClN2S/c1-16-9-10(8-15)2-7-13(16)17-12-5-3-11(14)4-6-12/h3-6,9,13H,2,7H2,1H3. The minimum atomic E-state index is 0.397. The largest absolute Gasteiger partial charge is 0.367 e. The average Bonchev–Trinajstić information content (AvgIpc) is 2.34. The molecule has 0 fully saturated rings. The molecule has 2 rings (SSSR count). The molecule has 1 heterocycles. The van der Waals surface area contributed by atoms with Crippen molar-refractivity contribution in [2.45, 2.75) is 23.1 Å². The monoisotopic (exact) mass is 264 g/mol. The molecule has 1 atom stereocenters. The second-order valence-electron chi connectivity index (χ2n) is 4.00. The van der Waals surface area contributed by atoms with E-state index in [0.29, 0.717) is 5.37 Å². The van der Waals surface area contributed by atoms with Crippen molar-refractivity contribution in [3.63, 3.8) is 0 Å². The van der Waals surface area contributed by atoms with Crippen LogP contribution in [0.15, 0.2) is 40.9 Å². The summed E-state index contributed by atoms with van der Waals surface area (Å²) >= 11 is 7.66. The molecule has 0 aromatic heterocycles. The van der Waals surface area contributed by atoms with Crippen LogP contribution >= 0.6 is 23.4 Å². The molecule has 0 saturated heterocycles. The van der Waals surface area contributed by atoms with E-state index in [1.54, 1.807) is 0 Å². The van der Waals surface area contributed by atoms with Gasteiger partial charge < -0.3 is 4.90 Å². The van der Waals surface area contributed by atoms with E-state index in [0.717, 1.165) is 23.4 Å². The lowest BCUT2D eigenvalue weighted by molar-refractivity contribution is 0.386. The van der Waals surface area contributed by atoms with Crippen molar-refractivity contribution >= 4 is 23.4 Å². The van der Waals surface area contributed by atoms with Gasteiger partial charge in [-0.15, -0.1) is 11.8 Å². The fraction of sp³-hybridized carbons (Fsp3) is 0.308. The van der Waals surface area contributed by atoms with Crippen LogP contribution in [-0.4, -0.2) is 17.3 Å². The molecule has 17 heavy (non-hydrogen) atoms. The van der Waals surface area contributed by atoms with Gasteiger partial charge >= 0.3 is 0 Å². The summed E-state index contributed by atoms with van der Waals surface area (Å²) in [7, 11) is 2.02. The zero-order chi connectivity index (χ0) is 12.3. The third kappa shape index (κ3) is 3.18. The summed E-state index contributed by atoms with van der Waals surface area (Å²) in [6.45, 7) is 0. The molecule has 0 spiro atoms. The van der Waals surface area contributed by atoms with Crippen LogP contribution in [0.3, 0.4) is 0 Å². The third-order valence-corrected chi connectivity index (χ3v) is 4.34. The number of halogens is 1. The molecule has 1 unspecified atom stereocenters. The zero-order valence-electron chi connectivity index (χ0n) is 9.56. The maximum absolute atomic E-state index is 8.85. The van der Waals surface area contributed by atoms with Crippen LogP contribution in [0.2, 0.25) is 5.02 Å². The second-order valence-corrected chi connectivity index (χ2v) is 5.68. The molecule has 0 saturated carbocycles. The molecule has 88 valence electrons. The topological polar surface area (TPSA) is 27.0 Å². The van der Waals surface area contributed by atoms with E-state index in [9.17, 15) is 0 Å². The summed E-state index contributed by atoms with van der Waals surface area (Å²) in [6.07, 6.45) is 3.81. The lowest BCUT2D eigenvalue weighted by Gasteiger charge is -2.30. The van der Waals surface area contributed by atoms with E-state index in [1.807, 2.05) is 49.3 Å². The molecule has 1 aliphatic rings. The number of rotatable bonds is 2. The Bertz CT molecular complexity index is 461. The van der Waals surface area contributed by atoms with Gasteiger partial charge in [0.1, 0.15) is 0 Å². The van der Waals surface area contributed by atoms with Crippen LogP contribution < -0.4 is 0 Å². The van der Waals surface area contributed by atoms with Gasteiger partial charge in [-0.05, 0) is 37.1 Å². The Morgan fingerprint density at radius 3 is 2.71 bits per heavy atom. The Balaban J connectivity index is 2.04. The Labute approximate surface area is 111 Å². The maximum atomic E-state index is 8.85. The predicted octanol–water partition coefficient (Wildman–Crippen LogP) is 3.89. The van der Waals surface area contributed by atoms with Crippen molar-refractivity contribution in [1.29, 1.82) is 5.26 Å². The quantitative estimate of drug-likeness (QED) is 0.811. The van der Waals surface area contributed by atoms with Gasteiger partial charge in [0.2, 0.25) is 0 Å². The molecule has 0 radical (unpaired) electrons. The van der Waals surface area contributed by atoms with Gasteiger partial charge in [-0.1, -0.05) is 11.6 Å². The highest BCUT2D eigenvalue weighted by Crippen LogP contribution is 2.32. The normalized spacial score (nSPS) is 19.7. The number of hydrogen-bond acceptors (Lipinski definition) is 3. The summed E-state index contributed by atoms with van der Waals surface area (Å²) in [5.41, 5.74) is 0.862. The van der Waals surface area contributed by atoms with Gasteiger partial charge in [0, 0.05) is 28.7 Å². The summed E-state index contributed by atoms with van der Waals surface area (Å²) < 4.78 is 0. The van der Waals surface area contributed by atoms with Gasteiger partial charge in [-0.3, -0.25) is 0 Å². The van der Waals surface area contributed by atoms with Crippen LogP contribution in [0.4, 0.5) is 0 Å². The first-order valence-electron chi connectivity index (χ1n) is 5.44. The smallest absolute Gasteiger partial charge is 0.0962 e. The average molecular weight is 265 g/mol. The number of nitrogens with zero attached hydrogens (tertiary/aromatic N) is 2. The number of benzene rings is 1. The molecule has 0 bridgehead atoms. The van der Waals surface area contributed by atoms with Crippen molar-refractivity contribution in [3.8, 4) is 6.07 Å². The van der Waals surface area contributed by atoms with Crippen molar-refractivity contribution in [1.82, 2.24) is 4.90 Å². The van der Waals surface area contributed by atoms with Gasteiger partial charge in [-0.25, -0.2) is 0 Å². The predicted molar refractivity (Wildman–Crippen MR) is 71.8 cm³/mol. The highest BCUT2D eigenvalue weighted by Gasteiger charge is 2.19. The second kappa shape index (κ2) is 5.48. The molecular weight excluding hydrogens is 252 g/mol. The van der Waals surface area contributed by atoms with Crippen molar-refractivity contribution in [2.24, 2.45) is 0 Å². The fourth-order valence-electron chi connectivity index (χ4n) is 1.77. The maximum Gasteiger partial charge on any atom is 0.0962 e. The van der Waals surface area contributed by atoms with Gasteiger partial charge in [0.05, 0.1) is 11.4 Å². The fourth-order valence-corrected chi connectivity index (χ4v) is 2.97. The lowest BCUT2D eigenvalue weighted by atomic mass is 10.1. The Morgan fingerprint density at radius 1 is 1.41 bits per heavy atom. The molecule has 1 aromatic rings. The SMILES string of the molecule is CN1C=C(C#N)CCC1Sc1ccc(Cl)cc1. The van der Waals surface area contributed by atoms with E-state index < -0.39 is 0 Å². The summed E-state index contributed by atoms with van der Waals surface area (Å²) in [4.78, 5) is 3.32. The number of nitriles is 1. The molecule has 1 aromatic carbocycles. The molecule has 2 nitrogen and oxygen atoms in total. The molecule has 4 heteroatoms. The van der Waals surface area contributed by atoms with Crippen molar-refractivity contribution in [3.05, 3.63) is 41.1 Å². The lowest BCUT2D eigenvalue weighted by Crippen LogP contribution is -2.27. The molecule has 0 amide bonds. The van der Waals surface area contributed by atoms with E-state index in [4.69, 9.17) is 16.9 Å². The Kier molecular flexibility index (Phi) is 3.98. The molecule has 0 aliphatic carbocycles. The number of thioether (sulfide) groups is 1. The zero-order valence-corrected chi connectivity index (χ0v) is 11.1. The summed E-state index contributed by atoms with van der Waals surface area (Å²) in [5.74, 6) is 0. The minimum Gasteiger partial charge on any atom is -0.367 e. The van der Waals surface area contributed by atoms with E-state index in [1.165, 1.54) is 4.90 Å². The first-order valence-corrected chi connectivity index (χ1v) is 6.70. The highest BCUT2D eigenvalue weighted by atomic mass is 35.5. The Hall–Kier alpha value is -1.11. The summed E-state index contributed by atoms with van der Waals surface area (Å²) in [6, 6.07) is 10.1. The van der Waals surface area contributed by atoms with Gasteiger partial charge in [0.25, 0.3) is 0 Å². The van der Waals surface area contributed by atoms with Crippen LogP contribution in [0.25, 0.3) is 0 Å². The van der Waals surface area contributed by atoms with E-state index >= 15 is 0 Å². The molecule has 1 aliphatic heterocycles. The van der Waals surface area contributed by atoms with E-state index in [2.05, 4.69) is 11.0 Å².